The fraction of sp³-hybridized carbons (Fsp3) is 0.545. The Morgan fingerprint density at radius 3 is 2.62 bits per heavy atom. The minimum absolute atomic E-state index is 0. The maximum atomic E-state index is 6.18. The van der Waals surface area contributed by atoms with Crippen LogP contribution in [0.4, 0.5) is 0 Å². The van der Waals surface area contributed by atoms with Crippen LogP contribution in [0.25, 0.3) is 0 Å². The molecule has 5 heteroatoms. The molecule has 0 aliphatic carbocycles. The van der Waals surface area contributed by atoms with E-state index in [0.717, 1.165) is 31.6 Å². The molecular weight excluding hydrogens is 247 g/mol. The van der Waals surface area contributed by atoms with Gasteiger partial charge in [0.2, 0.25) is 0 Å². The molecule has 0 aromatic carbocycles. The van der Waals surface area contributed by atoms with Gasteiger partial charge in [0.1, 0.15) is 5.15 Å². The summed E-state index contributed by atoms with van der Waals surface area (Å²) in [6.45, 7) is 1.64. The molecule has 0 unspecified atom stereocenters. The Hall–Kier alpha value is -0.350. The summed E-state index contributed by atoms with van der Waals surface area (Å²) < 4.78 is 5.31. The van der Waals surface area contributed by atoms with Gasteiger partial charge in [-0.15, -0.1) is 12.4 Å². The second kappa shape index (κ2) is 6.40. The zero-order valence-corrected chi connectivity index (χ0v) is 10.5. The van der Waals surface area contributed by atoms with Gasteiger partial charge in [-0.3, -0.25) is 0 Å². The van der Waals surface area contributed by atoms with E-state index in [9.17, 15) is 0 Å². The van der Waals surface area contributed by atoms with Crippen LogP contribution in [0, 0.1) is 5.92 Å². The first-order valence-corrected chi connectivity index (χ1v) is 5.60. The molecule has 1 aliphatic heterocycles. The predicted octanol–water partition coefficient (Wildman–Crippen LogP) is 2.58. The minimum atomic E-state index is 0. The van der Waals surface area contributed by atoms with E-state index in [1.165, 1.54) is 0 Å². The average molecular weight is 263 g/mol. The average Bonchev–Trinajstić information content (AvgIpc) is 2.30. The van der Waals surface area contributed by atoms with Crippen LogP contribution in [0.5, 0.6) is 0 Å². The summed E-state index contributed by atoms with van der Waals surface area (Å²) in [5, 5.41) is 0.512. The first-order valence-electron chi connectivity index (χ1n) is 5.22. The van der Waals surface area contributed by atoms with E-state index in [0.29, 0.717) is 11.1 Å². The molecule has 16 heavy (non-hydrogen) atoms. The van der Waals surface area contributed by atoms with E-state index in [1.807, 2.05) is 6.07 Å². The second-order valence-corrected chi connectivity index (χ2v) is 4.28. The standard InChI is InChI=1S/C11H15ClN2O.ClH/c12-10-2-1-9(7-14-10)11(13)8-3-5-15-6-4-8;/h1-2,7-8,11H,3-6,13H2;1H/t11-;/m0./s1. The lowest BCUT2D eigenvalue weighted by molar-refractivity contribution is 0.0583. The van der Waals surface area contributed by atoms with E-state index < -0.39 is 0 Å². The number of aromatic nitrogens is 1. The summed E-state index contributed by atoms with van der Waals surface area (Å²) in [6, 6.07) is 3.80. The molecule has 3 nitrogen and oxygen atoms in total. The van der Waals surface area contributed by atoms with Crippen molar-refractivity contribution >= 4 is 24.0 Å². The molecule has 0 spiro atoms. The predicted molar refractivity (Wildman–Crippen MR) is 67.0 cm³/mol. The van der Waals surface area contributed by atoms with E-state index >= 15 is 0 Å². The lowest BCUT2D eigenvalue weighted by atomic mass is 9.88. The Labute approximate surface area is 107 Å². The minimum Gasteiger partial charge on any atom is -0.381 e. The molecule has 0 bridgehead atoms. The molecule has 1 saturated heterocycles. The van der Waals surface area contributed by atoms with Crippen LogP contribution < -0.4 is 5.73 Å². The molecule has 1 aromatic rings. The molecule has 1 aliphatic rings. The Morgan fingerprint density at radius 2 is 2.06 bits per heavy atom. The van der Waals surface area contributed by atoms with Crippen LogP contribution in [0.2, 0.25) is 5.15 Å². The second-order valence-electron chi connectivity index (χ2n) is 3.89. The van der Waals surface area contributed by atoms with E-state index in [-0.39, 0.29) is 18.4 Å². The van der Waals surface area contributed by atoms with Crippen molar-refractivity contribution in [2.24, 2.45) is 11.7 Å². The fourth-order valence-corrected chi connectivity index (χ4v) is 2.04. The van der Waals surface area contributed by atoms with Crippen LogP contribution in [0.15, 0.2) is 18.3 Å². The largest absolute Gasteiger partial charge is 0.381 e. The van der Waals surface area contributed by atoms with E-state index in [4.69, 9.17) is 22.1 Å². The first-order chi connectivity index (χ1) is 7.27. The number of halogens is 2. The molecule has 2 rings (SSSR count). The third kappa shape index (κ3) is 3.32. The highest BCUT2D eigenvalue weighted by Crippen LogP contribution is 2.27. The monoisotopic (exact) mass is 262 g/mol. The number of hydrogen-bond donors (Lipinski definition) is 1. The van der Waals surface area contributed by atoms with Crippen molar-refractivity contribution in [1.29, 1.82) is 0 Å². The van der Waals surface area contributed by atoms with Crippen LogP contribution >= 0.6 is 24.0 Å². The lowest BCUT2D eigenvalue weighted by Gasteiger charge is -2.27. The van der Waals surface area contributed by atoms with E-state index in [1.54, 1.807) is 12.3 Å². The Balaban J connectivity index is 0.00000128. The molecule has 1 atom stereocenters. The van der Waals surface area contributed by atoms with Crippen LogP contribution in [-0.2, 0) is 4.74 Å². The van der Waals surface area contributed by atoms with Crippen LogP contribution in [-0.4, -0.2) is 18.2 Å². The van der Waals surface area contributed by atoms with Crippen molar-refractivity contribution in [2.45, 2.75) is 18.9 Å². The van der Waals surface area contributed by atoms with Crippen LogP contribution in [0.1, 0.15) is 24.4 Å². The number of pyridine rings is 1. The van der Waals surface area contributed by atoms with Gasteiger partial charge >= 0.3 is 0 Å². The molecule has 2 N–H and O–H groups in total. The number of ether oxygens (including phenoxy) is 1. The lowest BCUT2D eigenvalue weighted by Crippen LogP contribution is -2.27. The summed E-state index contributed by atoms with van der Waals surface area (Å²) in [5.74, 6) is 0.502. The number of hydrogen-bond acceptors (Lipinski definition) is 3. The molecule has 1 aromatic heterocycles. The SMILES string of the molecule is Cl.N[C@H](c1ccc(Cl)nc1)C1CCOCC1. The van der Waals surface area contributed by atoms with Crippen molar-refractivity contribution in [2.75, 3.05) is 13.2 Å². The zero-order chi connectivity index (χ0) is 10.7. The van der Waals surface area contributed by atoms with Crippen molar-refractivity contribution in [3.05, 3.63) is 29.0 Å². The van der Waals surface area contributed by atoms with Gasteiger partial charge in [-0.05, 0) is 30.4 Å². The zero-order valence-electron chi connectivity index (χ0n) is 8.93. The van der Waals surface area contributed by atoms with Crippen molar-refractivity contribution in [1.82, 2.24) is 4.98 Å². The number of rotatable bonds is 2. The molecule has 1 fully saturated rings. The highest BCUT2D eigenvalue weighted by molar-refractivity contribution is 6.29. The molecular formula is C11H16Cl2N2O. The Morgan fingerprint density at radius 1 is 1.38 bits per heavy atom. The summed E-state index contributed by atoms with van der Waals surface area (Å²) >= 11 is 5.73. The third-order valence-corrected chi connectivity index (χ3v) is 3.13. The fourth-order valence-electron chi connectivity index (χ4n) is 1.93. The maximum Gasteiger partial charge on any atom is 0.129 e. The van der Waals surface area contributed by atoms with E-state index in [2.05, 4.69) is 4.98 Å². The topological polar surface area (TPSA) is 48.1 Å². The maximum absolute atomic E-state index is 6.18. The Bertz CT molecular complexity index is 312. The summed E-state index contributed by atoms with van der Waals surface area (Å²) in [7, 11) is 0. The van der Waals surface area contributed by atoms with Gasteiger partial charge in [0.25, 0.3) is 0 Å². The Kier molecular flexibility index (Phi) is 5.49. The van der Waals surface area contributed by atoms with Crippen LogP contribution in [0.3, 0.4) is 0 Å². The summed E-state index contributed by atoms with van der Waals surface area (Å²) in [5.41, 5.74) is 7.24. The number of nitrogens with two attached hydrogens (primary N) is 1. The summed E-state index contributed by atoms with van der Waals surface area (Å²) in [6.07, 6.45) is 3.83. The van der Waals surface area contributed by atoms with Crippen molar-refractivity contribution < 1.29 is 4.74 Å². The van der Waals surface area contributed by atoms with Gasteiger partial charge in [-0.2, -0.15) is 0 Å². The molecule has 90 valence electrons. The smallest absolute Gasteiger partial charge is 0.129 e. The van der Waals surface area contributed by atoms with Gasteiger partial charge in [-0.1, -0.05) is 17.7 Å². The van der Waals surface area contributed by atoms with Gasteiger partial charge in [0.05, 0.1) is 0 Å². The molecule has 0 saturated carbocycles. The molecule has 0 radical (unpaired) electrons. The quantitative estimate of drug-likeness (QED) is 0.834. The normalized spacial score (nSPS) is 18.9. The van der Waals surface area contributed by atoms with Crippen molar-refractivity contribution in [3.63, 3.8) is 0 Å². The number of nitrogens with zero attached hydrogens (tertiary/aromatic N) is 1. The molecule has 0 amide bonds. The van der Waals surface area contributed by atoms with Gasteiger partial charge in [0, 0.05) is 25.5 Å². The third-order valence-electron chi connectivity index (χ3n) is 2.91. The van der Waals surface area contributed by atoms with Gasteiger partial charge < -0.3 is 10.5 Å². The molecule has 2 heterocycles. The van der Waals surface area contributed by atoms with Gasteiger partial charge in [-0.25, -0.2) is 4.98 Å². The first kappa shape index (κ1) is 13.7. The van der Waals surface area contributed by atoms with Crippen molar-refractivity contribution in [3.8, 4) is 0 Å². The van der Waals surface area contributed by atoms with Gasteiger partial charge in [0.15, 0.2) is 0 Å². The highest BCUT2D eigenvalue weighted by Gasteiger charge is 2.22. The highest BCUT2D eigenvalue weighted by atomic mass is 35.5. The summed E-state index contributed by atoms with van der Waals surface area (Å²) in [4.78, 5) is 4.05.